The molecule has 1 atom stereocenters. The van der Waals surface area contributed by atoms with Gasteiger partial charge in [0.05, 0.1) is 4.92 Å². The summed E-state index contributed by atoms with van der Waals surface area (Å²) in [7, 11) is 0. The first-order chi connectivity index (χ1) is 11.1. The predicted octanol–water partition coefficient (Wildman–Crippen LogP) is 2.98. The fourth-order valence-corrected chi connectivity index (χ4v) is 3.14. The Bertz CT molecular complexity index is 530. The van der Waals surface area contributed by atoms with Gasteiger partial charge in [-0.2, -0.15) is 0 Å². The van der Waals surface area contributed by atoms with Crippen LogP contribution in [0.25, 0.3) is 0 Å². The normalized spacial score (nSPS) is 18.6. The Morgan fingerprint density at radius 1 is 1.35 bits per heavy atom. The van der Waals surface area contributed by atoms with Crippen LogP contribution >= 0.6 is 0 Å². The molecule has 1 unspecified atom stereocenters. The summed E-state index contributed by atoms with van der Waals surface area (Å²) < 4.78 is 0. The topological polar surface area (TPSA) is 75.5 Å². The van der Waals surface area contributed by atoms with E-state index in [1.165, 1.54) is 49.9 Å². The van der Waals surface area contributed by atoms with Crippen molar-refractivity contribution in [3.8, 4) is 0 Å². The molecule has 23 heavy (non-hydrogen) atoms. The Labute approximate surface area is 137 Å². The number of likely N-dealkylation sites (tertiary alicyclic amines) is 1. The standard InChI is InChI=1S/C17H25N3O3/c1-2-15-6-3-4-12-19(15)13-5-11-18-17(21)14-7-9-16(10-8-14)20(22)23/h7-10,15H,2-6,11-13H2,1H3,(H,18,21). The van der Waals surface area contributed by atoms with E-state index < -0.39 is 4.92 Å². The van der Waals surface area contributed by atoms with E-state index in [0.29, 0.717) is 18.2 Å². The molecule has 1 aliphatic rings. The van der Waals surface area contributed by atoms with Crippen molar-refractivity contribution in [2.24, 2.45) is 0 Å². The molecular weight excluding hydrogens is 294 g/mol. The van der Waals surface area contributed by atoms with Gasteiger partial charge in [0.15, 0.2) is 0 Å². The van der Waals surface area contributed by atoms with Gasteiger partial charge in [0.25, 0.3) is 11.6 Å². The maximum atomic E-state index is 12.0. The van der Waals surface area contributed by atoms with E-state index in [4.69, 9.17) is 0 Å². The lowest BCUT2D eigenvalue weighted by Gasteiger charge is -2.35. The fraction of sp³-hybridized carbons (Fsp3) is 0.588. The van der Waals surface area contributed by atoms with E-state index in [-0.39, 0.29) is 11.6 Å². The highest BCUT2D eigenvalue weighted by Gasteiger charge is 2.19. The Morgan fingerprint density at radius 2 is 2.09 bits per heavy atom. The van der Waals surface area contributed by atoms with Crippen LogP contribution in [0.15, 0.2) is 24.3 Å². The van der Waals surface area contributed by atoms with Crippen LogP contribution in [0.5, 0.6) is 0 Å². The Hall–Kier alpha value is -1.95. The summed E-state index contributed by atoms with van der Waals surface area (Å²) in [4.78, 5) is 24.7. The lowest BCUT2D eigenvalue weighted by atomic mass is 10.00. The van der Waals surface area contributed by atoms with Gasteiger partial charge in [-0.05, 0) is 44.4 Å². The van der Waals surface area contributed by atoms with Crippen molar-refractivity contribution in [3.05, 3.63) is 39.9 Å². The molecule has 6 heteroatoms. The zero-order valence-corrected chi connectivity index (χ0v) is 13.7. The Balaban J connectivity index is 1.73. The van der Waals surface area contributed by atoms with Crippen LogP contribution in [0.1, 0.15) is 49.4 Å². The fourth-order valence-electron chi connectivity index (χ4n) is 3.14. The molecule has 1 amide bonds. The second-order valence-corrected chi connectivity index (χ2v) is 6.01. The number of nitro groups is 1. The highest BCUT2D eigenvalue weighted by Crippen LogP contribution is 2.19. The van der Waals surface area contributed by atoms with E-state index in [1.54, 1.807) is 0 Å². The number of nitro benzene ring substituents is 1. The van der Waals surface area contributed by atoms with Crippen molar-refractivity contribution in [1.82, 2.24) is 10.2 Å². The molecule has 1 saturated heterocycles. The highest BCUT2D eigenvalue weighted by atomic mass is 16.6. The maximum absolute atomic E-state index is 12.0. The van der Waals surface area contributed by atoms with Crippen LogP contribution in [0.2, 0.25) is 0 Å². The summed E-state index contributed by atoms with van der Waals surface area (Å²) in [5.41, 5.74) is 0.456. The minimum absolute atomic E-state index is 0.00254. The molecule has 0 radical (unpaired) electrons. The van der Waals surface area contributed by atoms with Gasteiger partial charge in [0.1, 0.15) is 0 Å². The molecule has 2 rings (SSSR count). The van der Waals surface area contributed by atoms with Crippen LogP contribution in [-0.2, 0) is 0 Å². The molecule has 1 aromatic rings. The molecule has 0 saturated carbocycles. The Kier molecular flexibility index (Phi) is 6.52. The van der Waals surface area contributed by atoms with Crippen LogP contribution < -0.4 is 5.32 Å². The molecular formula is C17H25N3O3. The molecule has 1 aliphatic heterocycles. The first kappa shape index (κ1) is 17.4. The molecule has 0 aromatic heterocycles. The number of rotatable bonds is 7. The maximum Gasteiger partial charge on any atom is 0.269 e. The SMILES string of the molecule is CCC1CCCCN1CCCNC(=O)c1ccc([N+](=O)[O-])cc1. The number of carbonyl (C=O) groups excluding carboxylic acids is 1. The van der Waals surface area contributed by atoms with E-state index in [2.05, 4.69) is 17.1 Å². The van der Waals surface area contributed by atoms with Crippen LogP contribution in [-0.4, -0.2) is 41.4 Å². The second kappa shape index (κ2) is 8.62. The number of nitrogens with zero attached hydrogens (tertiary/aromatic N) is 2. The molecule has 1 aromatic carbocycles. The summed E-state index contributed by atoms with van der Waals surface area (Å²) in [6, 6.07) is 6.38. The summed E-state index contributed by atoms with van der Waals surface area (Å²) in [5, 5.41) is 13.5. The van der Waals surface area contributed by atoms with E-state index in [9.17, 15) is 14.9 Å². The zero-order valence-electron chi connectivity index (χ0n) is 13.7. The summed E-state index contributed by atoms with van der Waals surface area (Å²) in [6.07, 6.45) is 5.99. The van der Waals surface area contributed by atoms with Gasteiger partial charge in [0, 0.05) is 36.8 Å². The van der Waals surface area contributed by atoms with Gasteiger partial charge in [-0.3, -0.25) is 14.9 Å². The largest absolute Gasteiger partial charge is 0.352 e. The van der Waals surface area contributed by atoms with E-state index in [0.717, 1.165) is 19.5 Å². The minimum Gasteiger partial charge on any atom is -0.352 e. The van der Waals surface area contributed by atoms with Gasteiger partial charge in [-0.1, -0.05) is 13.3 Å². The van der Waals surface area contributed by atoms with Gasteiger partial charge >= 0.3 is 0 Å². The molecule has 6 nitrogen and oxygen atoms in total. The molecule has 1 N–H and O–H groups in total. The average Bonchev–Trinajstić information content (AvgIpc) is 2.59. The number of hydrogen-bond donors (Lipinski definition) is 1. The first-order valence-electron chi connectivity index (χ1n) is 8.38. The number of non-ortho nitro benzene ring substituents is 1. The second-order valence-electron chi connectivity index (χ2n) is 6.01. The lowest BCUT2D eigenvalue weighted by molar-refractivity contribution is -0.384. The monoisotopic (exact) mass is 319 g/mol. The number of hydrogen-bond acceptors (Lipinski definition) is 4. The lowest BCUT2D eigenvalue weighted by Crippen LogP contribution is -2.40. The molecule has 0 aliphatic carbocycles. The smallest absolute Gasteiger partial charge is 0.269 e. The summed E-state index contributed by atoms with van der Waals surface area (Å²) in [5.74, 6) is -0.175. The third kappa shape index (κ3) is 5.03. The number of nitrogens with one attached hydrogen (secondary N) is 1. The average molecular weight is 319 g/mol. The van der Waals surface area contributed by atoms with Crippen LogP contribution in [0.4, 0.5) is 5.69 Å². The first-order valence-corrected chi connectivity index (χ1v) is 8.38. The van der Waals surface area contributed by atoms with E-state index >= 15 is 0 Å². The van der Waals surface area contributed by atoms with Crippen molar-refractivity contribution >= 4 is 11.6 Å². The van der Waals surface area contributed by atoms with Gasteiger partial charge in [0.2, 0.25) is 0 Å². The van der Waals surface area contributed by atoms with Crippen molar-refractivity contribution in [2.45, 2.75) is 45.1 Å². The van der Waals surface area contributed by atoms with Crippen molar-refractivity contribution in [3.63, 3.8) is 0 Å². The number of benzene rings is 1. The predicted molar refractivity (Wildman–Crippen MR) is 89.5 cm³/mol. The van der Waals surface area contributed by atoms with Crippen LogP contribution in [0.3, 0.4) is 0 Å². The van der Waals surface area contributed by atoms with Crippen molar-refractivity contribution < 1.29 is 9.72 Å². The van der Waals surface area contributed by atoms with Crippen molar-refractivity contribution in [2.75, 3.05) is 19.6 Å². The van der Waals surface area contributed by atoms with Gasteiger partial charge in [-0.15, -0.1) is 0 Å². The third-order valence-electron chi connectivity index (χ3n) is 4.47. The van der Waals surface area contributed by atoms with E-state index in [1.807, 2.05) is 0 Å². The molecule has 0 spiro atoms. The quantitative estimate of drug-likeness (QED) is 0.476. The summed E-state index contributed by atoms with van der Waals surface area (Å²) >= 11 is 0. The third-order valence-corrected chi connectivity index (χ3v) is 4.47. The van der Waals surface area contributed by atoms with Crippen LogP contribution in [0, 0.1) is 10.1 Å². The Morgan fingerprint density at radius 3 is 2.74 bits per heavy atom. The molecule has 126 valence electrons. The molecule has 0 bridgehead atoms. The number of piperidine rings is 1. The minimum atomic E-state index is -0.468. The number of amides is 1. The summed E-state index contributed by atoms with van der Waals surface area (Å²) in [6.45, 7) is 5.04. The number of carbonyl (C=O) groups is 1. The zero-order chi connectivity index (χ0) is 16.7. The molecule has 1 heterocycles. The van der Waals surface area contributed by atoms with Gasteiger partial charge < -0.3 is 10.2 Å². The van der Waals surface area contributed by atoms with Gasteiger partial charge in [-0.25, -0.2) is 0 Å². The highest BCUT2D eigenvalue weighted by molar-refractivity contribution is 5.94. The van der Waals surface area contributed by atoms with Crippen molar-refractivity contribution in [1.29, 1.82) is 0 Å². The molecule has 1 fully saturated rings.